The lowest BCUT2D eigenvalue weighted by molar-refractivity contribution is 0.202. The fourth-order valence-electron chi connectivity index (χ4n) is 5.12. The Labute approximate surface area is 233 Å². The summed E-state index contributed by atoms with van der Waals surface area (Å²) in [7, 11) is 0. The molecule has 0 amide bonds. The Morgan fingerprint density at radius 3 is 2.37 bits per heavy atom. The SMILES string of the molecule is N#Cc1cnn2c(Nc3ccc(N(CCCl)CCCl)cc3)cc(CN3CCC(c4ccccc4)CC3)nc12. The molecule has 0 bridgehead atoms. The van der Waals surface area contributed by atoms with Gasteiger partial charge in [0.1, 0.15) is 17.5 Å². The predicted molar refractivity (Wildman–Crippen MR) is 155 cm³/mol. The van der Waals surface area contributed by atoms with Crippen LogP contribution in [0.4, 0.5) is 17.2 Å². The average molecular weight is 549 g/mol. The van der Waals surface area contributed by atoms with E-state index >= 15 is 0 Å². The number of fused-ring (bicyclic) bond motifs is 1. The maximum Gasteiger partial charge on any atom is 0.175 e. The fraction of sp³-hybridized carbons (Fsp3) is 0.345. The minimum absolute atomic E-state index is 0.464. The van der Waals surface area contributed by atoms with Crippen LogP contribution < -0.4 is 10.2 Å². The van der Waals surface area contributed by atoms with Crippen LogP contribution in [0.5, 0.6) is 0 Å². The van der Waals surface area contributed by atoms with Gasteiger partial charge < -0.3 is 10.2 Å². The Balaban J connectivity index is 1.33. The molecule has 0 spiro atoms. The third-order valence-corrected chi connectivity index (χ3v) is 7.44. The van der Waals surface area contributed by atoms with Crippen LogP contribution in [0.15, 0.2) is 66.9 Å². The van der Waals surface area contributed by atoms with E-state index in [0.29, 0.717) is 28.9 Å². The first kappa shape index (κ1) is 26.3. The van der Waals surface area contributed by atoms with Gasteiger partial charge in [-0.05, 0) is 61.7 Å². The van der Waals surface area contributed by atoms with Crippen molar-refractivity contribution < 1.29 is 0 Å². The van der Waals surface area contributed by atoms with Gasteiger partial charge in [0.2, 0.25) is 0 Å². The molecule has 4 aromatic rings. The lowest BCUT2D eigenvalue weighted by Crippen LogP contribution is -2.32. The first-order valence-corrected chi connectivity index (χ1v) is 14.0. The van der Waals surface area contributed by atoms with Crippen LogP contribution >= 0.6 is 23.2 Å². The molecule has 1 saturated heterocycles. The second-order valence-corrected chi connectivity index (χ2v) is 10.3. The predicted octanol–water partition coefficient (Wildman–Crippen LogP) is 6.01. The quantitative estimate of drug-likeness (QED) is 0.245. The molecule has 196 valence electrons. The highest BCUT2D eigenvalue weighted by Gasteiger charge is 2.22. The minimum Gasteiger partial charge on any atom is -0.369 e. The van der Waals surface area contributed by atoms with Crippen LogP contribution in [0.1, 0.15) is 35.6 Å². The molecule has 0 atom stereocenters. The summed E-state index contributed by atoms with van der Waals surface area (Å²) >= 11 is 11.9. The third kappa shape index (κ3) is 6.05. The number of nitrogens with zero attached hydrogens (tertiary/aromatic N) is 6. The number of alkyl halides is 2. The van der Waals surface area contributed by atoms with Crippen LogP contribution in [0.25, 0.3) is 5.65 Å². The summed E-state index contributed by atoms with van der Waals surface area (Å²) in [5, 5.41) is 17.5. The average Bonchev–Trinajstić information content (AvgIpc) is 3.38. The van der Waals surface area contributed by atoms with Gasteiger partial charge in [0.25, 0.3) is 0 Å². The molecular formula is C29H31Cl2N7. The molecule has 2 aromatic heterocycles. The van der Waals surface area contributed by atoms with Gasteiger partial charge in [-0.2, -0.15) is 14.9 Å². The van der Waals surface area contributed by atoms with E-state index in [1.807, 2.05) is 18.2 Å². The largest absolute Gasteiger partial charge is 0.369 e. The maximum absolute atomic E-state index is 9.63. The lowest BCUT2D eigenvalue weighted by atomic mass is 9.89. The maximum atomic E-state index is 9.63. The summed E-state index contributed by atoms with van der Waals surface area (Å²) in [5.74, 6) is 2.46. The molecular weight excluding hydrogens is 517 g/mol. The van der Waals surface area contributed by atoms with Gasteiger partial charge in [-0.15, -0.1) is 23.2 Å². The molecule has 0 aliphatic carbocycles. The number of aromatic nitrogens is 3. The summed E-state index contributed by atoms with van der Waals surface area (Å²) in [6, 6.07) is 23.2. The zero-order chi connectivity index (χ0) is 26.3. The van der Waals surface area contributed by atoms with Crippen LogP contribution in [-0.4, -0.2) is 57.4 Å². The summed E-state index contributed by atoms with van der Waals surface area (Å²) < 4.78 is 1.70. The van der Waals surface area contributed by atoms with E-state index in [1.165, 1.54) is 5.56 Å². The topological polar surface area (TPSA) is 72.5 Å². The van der Waals surface area contributed by atoms with Crippen molar-refractivity contribution in [1.82, 2.24) is 19.5 Å². The third-order valence-electron chi connectivity index (χ3n) is 7.10. The standard InChI is InChI=1S/C29H31Cl2N7/c30-12-16-37(17-13-31)27-8-6-25(7-9-27)34-28-18-26(35-29-24(19-32)20-33-38(28)29)21-36-14-10-23(11-15-36)22-4-2-1-3-5-22/h1-9,18,20,23,34H,10-17,21H2. The van der Waals surface area contributed by atoms with Crippen LogP contribution in [0, 0.1) is 11.3 Å². The van der Waals surface area contributed by atoms with E-state index in [9.17, 15) is 5.26 Å². The van der Waals surface area contributed by atoms with Crippen molar-refractivity contribution in [3.8, 4) is 6.07 Å². The van der Waals surface area contributed by atoms with Gasteiger partial charge in [0.15, 0.2) is 5.65 Å². The molecule has 0 radical (unpaired) electrons. The number of nitrogens with one attached hydrogen (secondary N) is 1. The number of hydrogen-bond acceptors (Lipinski definition) is 6. The van der Waals surface area contributed by atoms with Crippen molar-refractivity contribution in [1.29, 1.82) is 5.26 Å². The molecule has 9 heteroatoms. The van der Waals surface area contributed by atoms with Crippen LogP contribution in [-0.2, 0) is 6.54 Å². The number of piperidine rings is 1. The van der Waals surface area contributed by atoms with E-state index < -0.39 is 0 Å². The molecule has 1 N–H and O–H groups in total. The Morgan fingerprint density at radius 2 is 1.71 bits per heavy atom. The summed E-state index contributed by atoms with van der Waals surface area (Å²) in [6.45, 7) is 4.24. The van der Waals surface area contributed by atoms with Crippen molar-refractivity contribution in [2.45, 2.75) is 25.3 Å². The first-order valence-electron chi connectivity index (χ1n) is 13.0. The molecule has 1 aliphatic rings. The molecule has 38 heavy (non-hydrogen) atoms. The van der Waals surface area contributed by atoms with E-state index in [-0.39, 0.29) is 0 Å². The zero-order valence-corrected chi connectivity index (χ0v) is 22.7. The summed E-state index contributed by atoms with van der Waals surface area (Å²) in [6.07, 6.45) is 3.83. The second-order valence-electron chi connectivity index (χ2n) is 9.54. The van der Waals surface area contributed by atoms with E-state index in [0.717, 1.165) is 68.5 Å². The zero-order valence-electron chi connectivity index (χ0n) is 21.2. The molecule has 1 aliphatic heterocycles. The molecule has 2 aromatic carbocycles. The number of anilines is 3. The van der Waals surface area contributed by atoms with Gasteiger partial charge in [0, 0.05) is 48.8 Å². The van der Waals surface area contributed by atoms with E-state index in [1.54, 1.807) is 10.7 Å². The van der Waals surface area contributed by atoms with Gasteiger partial charge in [-0.25, -0.2) is 4.98 Å². The molecule has 3 heterocycles. The van der Waals surface area contributed by atoms with Crippen molar-refractivity contribution in [2.75, 3.05) is 48.2 Å². The Kier molecular flexibility index (Phi) is 8.65. The monoisotopic (exact) mass is 547 g/mol. The number of benzene rings is 2. The number of nitriles is 1. The number of halogens is 2. The smallest absolute Gasteiger partial charge is 0.175 e. The lowest BCUT2D eigenvalue weighted by Gasteiger charge is -2.32. The van der Waals surface area contributed by atoms with Crippen LogP contribution in [0.3, 0.4) is 0 Å². The fourth-order valence-corrected chi connectivity index (χ4v) is 5.53. The van der Waals surface area contributed by atoms with Crippen molar-refractivity contribution in [3.63, 3.8) is 0 Å². The Morgan fingerprint density at radius 1 is 1.00 bits per heavy atom. The molecule has 5 rings (SSSR count). The Bertz CT molecular complexity index is 1370. The van der Waals surface area contributed by atoms with Gasteiger partial charge in [-0.1, -0.05) is 30.3 Å². The molecule has 0 unspecified atom stereocenters. The summed E-state index contributed by atoms with van der Waals surface area (Å²) in [5.41, 5.74) is 5.37. The van der Waals surface area contributed by atoms with Crippen molar-refractivity contribution in [3.05, 3.63) is 83.7 Å². The number of hydrogen-bond donors (Lipinski definition) is 1. The van der Waals surface area contributed by atoms with Crippen LogP contribution in [0.2, 0.25) is 0 Å². The van der Waals surface area contributed by atoms with Gasteiger partial charge >= 0.3 is 0 Å². The molecule has 1 fully saturated rings. The highest BCUT2D eigenvalue weighted by molar-refractivity contribution is 6.18. The van der Waals surface area contributed by atoms with E-state index in [4.69, 9.17) is 28.2 Å². The normalized spacial score (nSPS) is 14.4. The van der Waals surface area contributed by atoms with Gasteiger partial charge in [0.05, 0.1) is 11.9 Å². The first-order chi connectivity index (χ1) is 18.7. The van der Waals surface area contributed by atoms with E-state index in [2.05, 4.69) is 68.7 Å². The highest BCUT2D eigenvalue weighted by atomic mass is 35.5. The minimum atomic E-state index is 0.464. The number of rotatable bonds is 10. The highest BCUT2D eigenvalue weighted by Crippen LogP contribution is 2.29. The molecule has 7 nitrogen and oxygen atoms in total. The second kappa shape index (κ2) is 12.5. The molecule has 0 saturated carbocycles. The summed E-state index contributed by atoms with van der Waals surface area (Å²) in [4.78, 5) is 9.44. The van der Waals surface area contributed by atoms with Gasteiger partial charge in [-0.3, -0.25) is 4.90 Å². The van der Waals surface area contributed by atoms with Crippen molar-refractivity contribution in [2.24, 2.45) is 0 Å². The van der Waals surface area contributed by atoms with Crippen molar-refractivity contribution >= 4 is 46.0 Å². The Hall–Kier alpha value is -3.31. The number of likely N-dealkylation sites (tertiary alicyclic amines) is 1.